The lowest BCUT2D eigenvalue weighted by Crippen LogP contribution is -2.47. The fourth-order valence-corrected chi connectivity index (χ4v) is 1.99. The van der Waals surface area contributed by atoms with Gasteiger partial charge in [-0.15, -0.1) is 0 Å². The molecular weight excluding hydrogens is 214 g/mol. The second kappa shape index (κ2) is 4.64. The molecule has 1 aliphatic heterocycles. The summed E-state index contributed by atoms with van der Waals surface area (Å²) in [6, 6.07) is 10.0. The summed E-state index contributed by atoms with van der Waals surface area (Å²) in [5.41, 5.74) is 6.10. The van der Waals surface area contributed by atoms with Gasteiger partial charge in [-0.05, 0) is 25.5 Å². The van der Waals surface area contributed by atoms with E-state index in [0.29, 0.717) is 13.2 Å². The zero-order valence-corrected chi connectivity index (χ0v) is 10.0. The smallest absolute Gasteiger partial charge is 0.142 e. The van der Waals surface area contributed by atoms with Crippen LogP contribution in [0.5, 0.6) is 5.75 Å². The summed E-state index contributed by atoms with van der Waals surface area (Å²) in [7, 11) is 0. The van der Waals surface area contributed by atoms with Gasteiger partial charge in [-0.1, -0.05) is 12.1 Å². The van der Waals surface area contributed by atoms with Crippen molar-refractivity contribution < 1.29 is 4.74 Å². The predicted molar refractivity (Wildman–Crippen MR) is 67.0 cm³/mol. The molecular formula is C13H17N3O. The Labute approximate surface area is 102 Å². The van der Waals surface area contributed by atoms with E-state index in [1.807, 2.05) is 24.3 Å². The highest BCUT2D eigenvalue weighted by atomic mass is 16.5. The molecule has 90 valence electrons. The summed E-state index contributed by atoms with van der Waals surface area (Å²) in [5.74, 6) is 0.874. The zero-order chi connectivity index (χ0) is 12.3. The highest BCUT2D eigenvalue weighted by molar-refractivity contribution is 5.59. The minimum absolute atomic E-state index is 0.518. The molecule has 1 atom stereocenters. The fourth-order valence-electron chi connectivity index (χ4n) is 1.99. The molecule has 1 aromatic carbocycles. The van der Waals surface area contributed by atoms with Crippen molar-refractivity contribution in [2.24, 2.45) is 5.73 Å². The van der Waals surface area contributed by atoms with Crippen molar-refractivity contribution >= 4 is 5.69 Å². The Morgan fingerprint density at radius 1 is 1.53 bits per heavy atom. The van der Waals surface area contributed by atoms with Crippen molar-refractivity contribution in [3.05, 3.63) is 24.3 Å². The lowest BCUT2D eigenvalue weighted by Gasteiger charge is -2.29. The van der Waals surface area contributed by atoms with E-state index in [9.17, 15) is 0 Å². The standard InChI is InChI=1S/C13H17N3O/c1-13(15,9-14)10-16-7-4-8-17-12-6-3-2-5-11(12)16/h2-3,5-6H,4,7-8,10,15H2,1H3. The number of ether oxygens (including phenoxy) is 1. The van der Waals surface area contributed by atoms with Gasteiger partial charge in [-0.2, -0.15) is 5.26 Å². The molecule has 0 saturated heterocycles. The molecule has 1 unspecified atom stereocenters. The van der Waals surface area contributed by atoms with Crippen LogP contribution in [0.25, 0.3) is 0 Å². The minimum atomic E-state index is -0.836. The highest BCUT2D eigenvalue weighted by Crippen LogP contribution is 2.30. The quantitative estimate of drug-likeness (QED) is 0.838. The monoisotopic (exact) mass is 231 g/mol. The molecule has 0 radical (unpaired) electrons. The molecule has 0 amide bonds. The number of nitriles is 1. The summed E-state index contributed by atoms with van der Waals surface area (Å²) in [6.45, 7) is 3.85. The molecule has 0 bridgehead atoms. The molecule has 1 heterocycles. The maximum atomic E-state index is 9.01. The summed E-state index contributed by atoms with van der Waals surface area (Å²) < 4.78 is 5.66. The lowest BCUT2D eigenvalue weighted by atomic mass is 10.1. The van der Waals surface area contributed by atoms with E-state index in [1.165, 1.54) is 0 Å². The molecule has 2 rings (SSSR count). The van der Waals surface area contributed by atoms with Crippen molar-refractivity contribution in [1.82, 2.24) is 0 Å². The van der Waals surface area contributed by atoms with Gasteiger partial charge in [0.1, 0.15) is 11.3 Å². The van der Waals surface area contributed by atoms with Gasteiger partial charge < -0.3 is 15.4 Å². The highest BCUT2D eigenvalue weighted by Gasteiger charge is 2.24. The van der Waals surface area contributed by atoms with Crippen molar-refractivity contribution in [3.63, 3.8) is 0 Å². The zero-order valence-electron chi connectivity index (χ0n) is 10.0. The number of fused-ring (bicyclic) bond motifs is 1. The second-order valence-electron chi connectivity index (χ2n) is 4.62. The van der Waals surface area contributed by atoms with Crippen molar-refractivity contribution in [1.29, 1.82) is 5.26 Å². The third kappa shape index (κ3) is 2.69. The Hall–Kier alpha value is -1.73. The summed E-state index contributed by atoms with van der Waals surface area (Å²) >= 11 is 0. The SMILES string of the molecule is CC(N)(C#N)CN1CCCOc2ccccc21. The number of benzene rings is 1. The summed E-state index contributed by atoms with van der Waals surface area (Å²) in [6.07, 6.45) is 0.941. The van der Waals surface area contributed by atoms with Crippen LogP contribution in [-0.2, 0) is 0 Å². The number of nitrogens with two attached hydrogens (primary N) is 1. The van der Waals surface area contributed by atoms with Gasteiger partial charge >= 0.3 is 0 Å². The summed E-state index contributed by atoms with van der Waals surface area (Å²) in [4.78, 5) is 2.13. The summed E-state index contributed by atoms with van der Waals surface area (Å²) in [5, 5.41) is 9.01. The Bertz CT molecular complexity index is 437. The molecule has 1 aliphatic rings. The number of hydrogen-bond donors (Lipinski definition) is 1. The second-order valence-corrected chi connectivity index (χ2v) is 4.62. The number of rotatable bonds is 2. The van der Waals surface area contributed by atoms with Gasteiger partial charge in [0.05, 0.1) is 18.4 Å². The first-order chi connectivity index (χ1) is 8.12. The molecule has 2 N–H and O–H groups in total. The van der Waals surface area contributed by atoms with Crippen LogP contribution < -0.4 is 15.4 Å². The number of hydrogen-bond acceptors (Lipinski definition) is 4. The van der Waals surface area contributed by atoms with Crippen LogP contribution in [-0.4, -0.2) is 25.2 Å². The largest absolute Gasteiger partial charge is 0.491 e. The van der Waals surface area contributed by atoms with E-state index in [1.54, 1.807) is 6.92 Å². The number of anilines is 1. The van der Waals surface area contributed by atoms with E-state index in [0.717, 1.165) is 24.4 Å². The topological polar surface area (TPSA) is 62.3 Å². The molecule has 0 saturated carbocycles. The van der Waals surface area contributed by atoms with Crippen LogP contribution in [0, 0.1) is 11.3 Å². The van der Waals surface area contributed by atoms with Crippen LogP contribution in [0.2, 0.25) is 0 Å². The predicted octanol–water partition coefficient (Wildman–Crippen LogP) is 1.52. The Morgan fingerprint density at radius 2 is 2.29 bits per heavy atom. The average molecular weight is 231 g/mol. The third-order valence-corrected chi connectivity index (χ3v) is 2.81. The van der Waals surface area contributed by atoms with Gasteiger partial charge in [0.15, 0.2) is 0 Å². The lowest BCUT2D eigenvalue weighted by molar-refractivity contribution is 0.322. The maximum absolute atomic E-state index is 9.01. The molecule has 17 heavy (non-hydrogen) atoms. The van der Waals surface area contributed by atoms with Gasteiger partial charge in [0, 0.05) is 13.1 Å². The molecule has 0 aliphatic carbocycles. The van der Waals surface area contributed by atoms with Gasteiger partial charge in [0.25, 0.3) is 0 Å². The molecule has 1 aromatic rings. The van der Waals surface area contributed by atoms with Crippen molar-refractivity contribution in [3.8, 4) is 11.8 Å². The first-order valence-corrected chi connectivity index (χ1v) is 5.79. The van der Waals surface area contributed by atoms with E-state index in [4.69, 9.17) is 15.7 Å². The van der Waals surface area contributed by atoms with Crippen LogP contribution >= 0.6 is 0 Å². The van der Waals surface area contributed by atoms with E-state index < -0.39 is 5.54 Å². The molecule has 4 nitrogen and oxygen atoms in total. The van der Waals surface area contributed by atoms with E-state index >= 15 is 0 Å². The van der Waals surface area contributed by atoms with Gasteiger partial charge in [-0.25, -0.2) is 0 Å². The molecule has 0 aromatic heterocycles. The number of nitrogens with zero attached hydrogens (tertiary/aromatic N) is 2. The number of para-hydroxylation sites is 2. The van der Waals surface area contributed by atoms with Crippen LogP contribution in [0.4, 0.5) is 5.69 Å². The van der Waals surface area contributed by atoms with Crippen LogP contribution in [0.3, 0.4) is 0 Å². The van der Waals surface area contributed by atoms with Crippen LogP contribution in [0.15, 0.2) is 24.3 Å². The first kappa shape index (κ1) is 11.7. The maximum Gasteiger partial charge on any atom is 0.142 e. The van der Waals surface area contributed by atoms with Crippen molar-refractivity contribution in [2.75, 3.05) is 24.6 Å². The Balaban J connectivity index is 2.27. The molecule has 0 fully saturated rings. The normalized spacial score (nSPS) is 18.3. The Morgan fingerprint density at radius 3 is 3.06 bits per heavy atom. The van der Waals surface area contributed by atoms with E-state index in [2.05, 4.69) is 11.0 Å². The molecule has 0 spiro atoms. The van der Waals surface area contributed by atoms with Crippen LogP contribution in [0.1, 0.15) is 13.3 Å². The third-order valence-electron chi connectivity index (χ3n) is 2.81. The van der Waals surface area contributed by atoms with Crippen molar-refractivity contribution in [2.45, 2.75) is 18.9 Å². The van der Waals surface area contributed by atoms with E-state index in [-0.39, 0.29) is 0 Å². The van der Waals surface area contributed by atoms with Gasteiger partial charge in [-0.3, -0.25) is 0 Å². The fraction of sp³-hybridized carbons (Fsp3) is 0.462. The molecule has 4 heteroatoms. The first-order valence-electron chi connectivity index (χ1n) is 5.79. The average Bonchev–Trinajstić information content (AvgIpc) is 2.52. The Kier molecular flexibility index (Phi) is 3.21. The minimum Gasteiger partial charge on any atom is -0.491 e. The van der Waals surface area contributed by atoms with Gasteiger partial charge in [0.2, 0.25) is 0 Å².